The number of ketones is 1. The number of hydrogen-bond acceptors (Lipinski definition) is 3. The zero-order valence-corrected chi connectivity index (χ0v) is 11.0. The van der Waals surface area contributed by atoms with Gasteiger partial charge in [0.25, 0.3) is 0 Å². The van der Waals surface area contributed by atoms with Gasteiger partial charge in [-0.15, -0.1) is 0 Å². The predicted octanol–water partition coefficient (Wildman–Crippen LogP) is 3.44. The van der Waals surface area contributed by atoms with Crippen molar-refractivity contribution >= 4 is 5.78 Å². The van der Waals surface area contributed by atoms with Crippen molar-refractivity contribution in [3.63, 3.8) is 0 Å². The highest BCUT2D eigenvalue weighted by Crippen LogP contribution is 2.22. The molecule has 0 bridgehead atoms. The Morgan fingerprint density at radius 2 is 1.83 bits per heavy atom. The Bertz CT molecular complexity index is 594. The van der Waals surface area contributed by atoms with E-state index >= 15 is 0 Å². The quantitative estimate of drug-likeness (QED) is 0.776. The van der Waals surface area contributed by atoms with Crippen LogP contribution in [0.2, 0.25) is 0 Å². The maximum absolute atomic E-state index is 12.4. The van der Waals surface area contributed by atoms with Crippen molar-refractivity contribution in [1.29, 1.82) is 0 Å². The summed E-state index contributed by atoms with van der Waals surface area (Å²) in [6.07, 6.45) is 0. The van der Waals surface area contributed by atoms with E-state index in [1.165, 1.54) is 0 Å². The summed E-state index contributed by atoms with van der Waals surface area (Å²) in [6, 6.07) is 7.22. The van der Waals surface area contributed by atoms with Crippen molar-refractivity contribution in [3.05, 3.63) is 52.5 Å². The molecule has 94 valence electrons. The van der Waals surface area contributed by atoms with Gasteiger partial charge in [-0.3, -0.25) is 4.79 Å². The number of aryl methyl sites for hydroxylation is 3. The molecular weight excluding hydrogens is 228 g/mol. The third kappa shape index (κ3) is 2.16. The van der Waals surface area contributed by atoms with Crippen LogP contribution >= 0.6 is 0 Å². The van der Waals surface area contributed by atoms with Gasteiger partial charge in [-0.2, -0.15) is 0 Å². The molecule has 3 heteroatoms. The number of rotatable bonds is 3. The molecule has 0 N–H and O–H groups in total. The molecule has 1 heterocycles. The van der Waals surface area contributed by atoms with E-state index in [1.54, 1.807) is 32.2 Å². The molecule has 0 spiro atoms. The highest BCUT2D eigenvalue weighted by Gasteiger charge is 2.17. The predicted molar refractivity (Wildman–Crippen MR) is 69.3 cm³/mol. The first-order chi connectivity index (χ1) is 8.52. The fourth-order valence-electron chi connectivity index (χ4n) is 2.02. The molecule has 3 nitrogen and oxygen atoms in total. The topological polar surface area (TPSA) is 39.4 Å². The lowest BCUT2D eigenvalue weighted by atomic mass is 9.99. The lowest BCUT2D eigenvalue weighted by molar-refractivity contribution is 0.103. The van der Waals surface area contributed by atoms with Crippen molar-refractivity contribution < 1.29 is 13.9 Å². The van der Waals surface area contributed by atoms with Gasteiger partial charge < -0.3 is 9.15 Å². The third-order valence-corrected chi connectivity index (χ3v) is 2.96. The first kappa shape index (κ1) is 12.4. The monoisotopic (exact) mass is 244 g/mol. The van der Waals surface area contributed by atoms with Gasteiger partial charge in [-0.05, 0) is 50.6 Å². The summed E-state index contributed by atoms with van der Waals surface area (Å²) >= 11 is 0. The standard InChI is InChI=1S/C15H16O3/c1-9-7-12(17-4)5-6-13(9)15(16)14-8-10(2)18-11(14)3/h5-8H,1-4H3. The number of methoxy groups -OCH3 is 1. The van der Waals surface area contributed by atoms with E-state index in [0.29, 0.717) is 16.9 Å². The molecule has 1 aromatic carbocycles. The summed E-state index contributed by atoms with van der Waals surface area (Å²) in [5.74, 6) is 2.16. The second-order valence-corrected chi connectivity index (χ2v) is 4.34. The van der Waals surface area contributed by atoms with Crippen LogP contribution in [0.1, 0.15) is 33.0 Å². The average Bonchev–Trinajstić information content (AvgIpc) is 2.67. The van der Waals surface area contributed by atoms with Gasteiger partial charge in [-0.1, -0.05) is 0 Å². The van der Waals surface area contributed by atoms with Crippen molar-refractivity contribution in [1.82, 2.24) is 0 Å². The Morgan fingerprint density at radius 3 is 2.33 bits per heavy atom. The number of carbonyl (C=O) groups excluding carboxylic acids is 1. The number of carbonyl (C=O) groups is 1. The lowest BCUT2D eigenvalue weighted by Gasteiger charge is -2.06. The molecular formula is C15H16O3. The van der Waals surface area contributed by atoms with Crippen LogP contribution in [0.25, 0.3) is 0 Å². The van der Waals surface area contributed by atoms with Gasteiger partial charge in [0.05, 0.1) is 12.7 Å². The second kappa shape index (κ2) is 4.69. The SMILES string of the molecule is COc1ccc(C(=O)c2cc(C)oc2C)c(C)c1. The van der Waals surface area contributed by atoms with Crippen LogP contribution in [0.4, 0.5) is 0 Å². The minimum atomic E-state index is -0.00972. The van der Waals surface area contributed by atoms with E-state index < -0.39 is 0 Å². The summed E-state index contributed by atoms with van der Waals surface area (Å²) in [7, 11) is 1.61. The second-order valence-electron chi connectivity index (χ2n) is 4.34. The highest BCUT2D eigenvalue weighted by atomic mass is 16.5. The van der Waals surface area contributed by atoms with Crippen LogP contribution in [0.3, 0.4) is 0 Å². The van der Waals surface area contributed by atoms with Gasteiger partial charge >= 0.3 is 0 Å². The first-order valence-corrected chi connectivity index (χ1v) is 5.79. The Hall–Kier alpha value is -2.03. The molecule has 2 rings (SSSR count). The van der Waals surface area contributed by atoms with Gasteiger partial charge in [0.2, 0.25) is 0 Å². The molecule has 0 aliphatic heterocycles. The van der Waals surface area contributed by atoms with Crippen molar-refractivity contribution in [3.8, 4) is 5.75 Å². The smallest absolute Gasteiger partial charge is 0.196 e. The summed E-state index contributed by atoms with van der Waals surface area (Å²) in [5.41, 5.74) is 2.21. The van der Waals surface area contributed by atoms with Gasteiger partial charge in [0.15, 0.2) is 5.78 Å². The van der Waals surface area contributed by atoms with Crippen LogP contribution in [-0.4, -0.2) is 12.9 Å². The highest BCUT2D eigenvalue weighted by molar-refractivity contribution is 6.10. The molecule has 0 fully saturated rings. The summed E-state index contributed by atoms with van der Waals surface area (Å²) in [4.78, 5) is 12.4. The summed E-state index contributed by atoms with van der Waals surface area (Å²) < 4.78 is 10.5. The molecule has 0 saturated heterocycles. The molecule has 0 aliphatic carbocycles. The van der Waals surface area contributed by atoms with E-state index in [1.807, 2.05) is 19.9 Å². The van der Waals surface area contributed by atoms with E-state index in [4.69, 9.17) is 9.15 Å². The Morgan fingerprint density at radius 1 is 1.11 bits per heavy atom. The number of benzene rings is 1. The molecule has 0 saturated carbocycles. The van der Waals surface area contributed by atoms with Gasteiger partial charge in [-0.25, -0.2) is 0 Å². The normalized spacial score (nSPS) is 10.4. The average molecular weight is 244 g/mol. The first-order valence-electron chi connectivity index (χ1n) is 5.79. The van der Waals surface area contributed by atoms with Crippen LogP contribution < -0.4 is 4.74 Å². The van der Waals surface area contributed by atoms with Crippen molar-refractivity contribution in [2.75, 3.05) is 7.11 Å². The van der Waals surface area contributed by atoms with Crippen LogP contribution in [-0.2, 0) is 0 Å². The maximum Gasteiger partial charge on any atom is 0.196 e. The summed E-state index contributed by atoms with van der Waals surface area (Å²) in [6.45, 7) is 5.54. The van der Waals surface area contributed by atoms with Crippen LogP contribution in [0, 0.1) is 20.8 Å². The molecule has 0 atom stereocenters. The van der Waals surface area contributed by atoms with Gasteiger partial charge in [0.1, 0.15) is 17.3 Å². The molecule has 18 heavy (non-hydrogen) atoms. The molecule has 0 unspecified atom stereocenters. The Kier molecular flexibility index (Phi) is 3.24. The van der Waals surface area contributed by atoms with Crippen LogP contribution in [0.15, 0.2) is 28.7 Å². The fourth-order valence-corrected chi connectivity index (χ4v) is 2.02. The summed E-state index contributed by atoms with van der Waals surface area (Å²) in [5, 5.41) is 0. The molecule has 2 aromatic rings. The third-order valence-electron chi connectivity index (χ3n) is 2.96. The maximum atomic E-state index is 12.4. The Balaban J connectivity index is 2.43. The number of ether oxygens (including phenoxy) is 1. The van der Waals surface area contributed by atoms with Crippen LogP contribution in [0.5, 0.6) is 5.75 Å². The fraction of sp³-hybridized carbons (Fsp3) is 0.267. The van der Waals surface area contributed by atoms with Gasteiger partial charge in [0, 0.05) is 5.56 Å². The lowest BCUT2D eigenvalue weighted by Crippen LogP contribution is -2.04. The minimum Gasteiger partial charge on any atom is -0.497 e. The molecule has 0 aliphatic rings. The number of furan rings is 1. The van der Waals surface area contributed by atoms with E-state index in [9.17, 15) is 4.79 Å². The van der Waals surface area contributed by atoms with Crippen molar-refractivity contribution in [2.24, 2.45) is 0 Å². The molecule has 0 amide bonds. The molecule has 0 radical (unpaired) electrons. The van der Waals surface area contributed by atoms with E-state index in [0.717, 1.165) is 17.1 Å². The minimum absolute atomic E-state index is 0.00972. The van der Waals surface area contributed by atoms with Crippen molar-refractivity contribution in [2.45, 2.75) is 20.8 Å². The van der Waals surface area contributed by atoms with E-state index in [2.05, 4.69) is 0 Å². The number of hydrogen-bond donors (Lipinski definition) is 0. The molecule has 1 aromatic heterocycles. The van der Waals surface area contributed by atoms with E-state index in [-0.39, 0.29) is 5.78 Å². The Labute approximate surface area is 106 Å². The zero-order valence-electron chi connectivity index (χ0n) is 11.0. The largest absolute Gasteiger partial charge is 0.497 e. The zero-order chi connectivity index (χ0) is 13.3.